The minimum Gasteiger partial charge on any atom is -0.502 e. The summed E-state index contributed by atoms with van der Waals surface area (Å²) in [6.45, 7) is 2.36. The van der Waals surface area contributed by atoms with Crippen molar-refractivity contribution < 1.29 is 27.8 Å². The summed E-state index contributed by atoms with van der Waals surface area (Å²) in [6.07, 6.45) is 2.55. The molecule has 0 aliphatic carbocycles. The van der Waals surface area contributed by atoms with Gasteiger partial charge in [-0.3, -0.25) is 4.79 Å². The van der Waals surface area contributed by atoms with Gasteiger partial charge in [0.2, 0.25) is 21.7 Å². The summed E-state index contributed by atoms with van der Waals surface area (Å²) < 4.78 is 37.4. The Morgan fingerprint density at radius 1 is 1.19 bits per heavy atom. The van der Waals surface area contributed by atoms with Crippen molar-refractivity contribution in [2.45, 2.75) is 24.7 Å². The average molecular weight is 462 g/mol. The van der Waals surface area contributed by atoms with E-state index in [0.29, 0.717) is 24.9 Å². The largest absolute Gasteiger partial charge is 0.502 e. The number of phenols is 1. The molecule has 9 nitrogen and oxygen atoms in total. The van der Waals surface area contributed by atoms with Crippen molar-refractivity contribution in [3.8, 4) is 17.2 Å². The van der Waals surface area contributed by atoms with Gasteiger partial charge < -0.3 is 14.6 Å². The van der Waals surface area contributed by atoms with Gasteiger partial charge in [-0.05, 0) is 44.0 Å². The molecule has 172 valence electrons. The molecule has 0 aromatic heterocycles. The molecule has 32 heavy (non-hydrogen) atoms. The van der Waals surface area contributed by atoms with Gasteiger partial charge in [0, 0.05) is 18.7 Å². The second-order valence-electron chi connectivity index (χ2n) is 7.52. The molecule has 0 spiro atoms. The highest BCUT2D eigenvalue weighted by Gasteiger charge is 2.33. The van der Waals surface area contributed by atoms with Crippen LogP contribution >= 0.6 is 0 Å². The van der Waals surface area contributed by atoms with E-state index in [0.717, 1.165) is 5.56 Å². The Morgan fingerprint density at radius 2 is 1.81 bits per heavy atom. The van der Waals surface area contributed by atoms with Crippen LogP contribution in [0, 0.1) is 12.8 Å². The third kappa shape index (κ3) is 5.20. The predicted octanol–water partition coefficient (Wildman–Crippen LogP) is 2.27. The van der Waals surface area contributed by atoms with Gasteiger partial charge in [-0.2, -0.15) is 9.41 Å². The van der Waals surface area contributed by atoms with Crippen LogP contribution in [-0.2, 0) is 14.8 Å². The molecule has 1 amide bonds. The fourth-order valence-electron chi connectivity index (χ4n) is 3.48. The van der Waals surface area contributed by atoms with Gasteiger partial charge in [-0.25, -0.2) is 13.8 Å². The molecule has 0 saturated carbocycles. The summed E-state index contributed by atoms with van der Waals surface area (Å²) in [6, 6.07) is 9.76. The number of amides is 1. The van der Waals surface area contributed by atoms with E-state index in [1.165, 1.54) is 24.7 Å². The first kappa shape index (κ1) is 23.6. The van der Waals surface area contributed by atoms with E-state index in [9.17, 15) is 18.3 Å². The summed E-state index contributed by atoms with van der Waals surface area (Å²) in [5.74, 6) is -0.580. The zero-order valence-electron chi connectivity index (χ0n) is 18.2. The number of rotatable bonds is 7. The first-order chi connectivity index (χ1) is 15.3. The topological polar surface area (TPSA) is 118 Å². The fraction of sp³-hybridized carbons (Fsp3) is 0.364. The Balaban J connectivity index is 1.66. The van der Waals surface area contributed by atoms with Crippen molar-refractivity contribution in [3.63, 3.8) is 0 Å². The summed E-state index contributed by atoms with van der Waals surface area (Å²) in [5, 5.41) is 13.9. The number of phenolic OH excluding ortho intramolecular Hbond substituents is 1. The highest BCUT2D eigenvalue weighted by Crippen LogP contribution is 2.36. The highest BCUT2D eigenvalue weighted by atomic mass is 32.2. The second-order valence-corrected chi connectivity index (χ2v) is 9.46. The van der Waals surface area contributed by atoms with Crippen LogP contribution in [0.4, 0.5) is 0 Å². The monoisotopic (exact) mass is 461 g/mol. The van der Waals surface area contributed by atoms with Crippen molar-refractivity contribution >= 4 is 22.1 Å². The van der Waals surface area contributed by atoms with Gasteiger partial charge in [0.1, 0.15) is 0 Å². The van der Waals surface area contributed by atoms with Gasteiger partial charge in [-0.15, -0.1) is 0 Å². The van der Waals surface area contributed by atoms with E-state index in [2.05, 4.69) is 10.5 Å². The Morgan fingerprint density at radius 3 is 2.41 bits per heavy atom. The third-order valence-electron chi connectivity index (χ3n) is 5.30. The molecular weight excluding hydrogens is 434 g/mol. The molecule has 3 rings (SSSR count). The van der Waals surface area contributed by atoms with Crippen molar-refractivity contribution in [1.29, 1.82) is 0 Å². The number of piperidine rings is 1. The molecule has 2 aromatic carbocycles. The number of sulfonamides is 1. The van der Waals surface area contributed by atoms with Crippen LogP contribution in [0.15, 0.2) is 46.4 Å². The Kier molecular flexibility index (Phi) is 7.37. The van der Waals surface area contributed by atoms with Gasteiger partial charge in [0.05, 0.1) is 31.2 Å². The molecule has 1 atom stereocenters. The first-order valence-corrected chi connectivity index (χ1v) is 11.5. The number of benzene rings is 2. The van der Waals surface area contributed by atoms with Gasteiger partial charge in [0.15, 0.2) is 11.5 Å². The zero-order chi connectivity index (χ0) is 23.3. The third-order valence-corrected chi connectivity index (χ3v) is 7.18. The van der Waals surface area contributed by atoms with Crippen LogP contribution in [0.25, 0.3) is 0 Å². The number of aryl methyl sites for hydroxylation is 1. The Labute approximate surface area is 187 Å². The van der Waals surface area contributed by atoms with E-state index < -0.39 is 15.9 Å². The first-order valence-electron chi connectivity index (χ1n) is 10.1. The fourth-order valence-corrected chi connectivity index (χ4v) is 5.01. The van der Waals surface area contributed by atoms with Crippen molar-refractivity contribution in [2.75, 3.05) is 27.3 Å². The molecule has 0 radical (unpaired) electrons. The summed E-state index contributed by atoms with van der Waals surface area (Å²) >= 11 is 0. The van der Waals surface area contributed by atoms with Crippen LogP contribution < -0.4 is 14.9 Å². The lowest BCUT2D eigenvalue weighted by Gasteiger charge is -2.30. The van der Waals surface area contributed by atoms with Crippen molar-refractivity contribution in [2.24, 2.45) is 11.0 Å². The van der Waals surface area contributed by atoms with Crippen LogP contribution in [0.3, 0.4) is 0 Å². The molecule has 2 aromatic rings. The number of hydrogen-bond acceptors (Lipinski definition) is 7. The SMILES string of the molecule is COc1cc(/C=N/NC(=O)[C@@H]2CCCN(S(=O)(=O)c3ccc(C)cc3)C2)cc(OC)c1O. The Bertz CT molecular complexity index is 1070. The summed E-state index contributed by atoms with van der Waals surface area (Å²) in [7, 11) is -0.838. The van der Waals surface area contributed by atoms with E-state index in [1.54, 1.807) is 36.4 Å². The molecule has 0 bridgehead atoms. The van der Waals surface area contributed by atoms with Gasteiger partial charge in [-0.1, -0.05) is 17.7 Å². The number of methoxy groups -OCH3 is 2. The van der Waals surface area contributed by atoms with Gasteiger partial charge >= 0.3 is 0 Å². The van der Waals surface area contributed by atoms with Crippen LogP contribution in [0.1, 0.15) is 24.0 Å². The molecule has 1 aliphatic heterocycles. The molecular formula is C22H27N3O6S. The van der Waals surface area contributed by atoms with Crippen molar-refractivity contribution in [1.82, 2.24) is 9.73 Å². The minimum absolute atomic E-state index is 0.0957. The number of ether oxygens (including phenoxy) is 2. The number of carbonyl (C=O) groups excluding carboxylic acids is 1. The number of aromatic hydroxyl groups is 1. The molecule has 1 aliphatic rings. The minimum atomic E-state index is -3.66. The molecule has 1 heterocycles. The van der Waals surface area contributed by atoms with E-state index in [1.807, 2.05) is 6.92 Å². The van der Waals surface area contributed by atoms with Crippen molar-refractivity contribution in [3.05, 3.63) is 47.5 Å². The normalized spacial score (nSPS) is 17.3. The molecule has 10 heteroatoms. The summed E-state index contributed by atoms with van der Waals surface area (Å²) in [5.41, 5.74) is 3.99. The standard InChI is InChI=1S/C22H27N3O6S/c1-15-6-8-18(9-7-15)32(28,29)25-10-4-5-17(14-25)22(27)24-23-13-16-11-19(30-2)21(26)20(12-16)31-3/h6-9,11-13,17,26H,4-5,10,14H2,1-3H3,(H,24,27)/b23-13+/t17-/m1/s1. The number of carbonyl (C=O) groups is 1. The smallest absolute Gasteiger partial charge is 0.244 e. The number of hydrazone groups is 1. The predicted molar refractivity (Wildman–Crippen MR) is 120 cm³/mol. The number of nitrogens with one attached hydrogen (secondary N) is 1. The maximum Gasteiger partial charge on any atom is 0.244 e. The van der Waals surface area contributed by atoms with Crippen LogP contribution in [0.2, 0.25) is 0 Å². The Hall–Kier alpha value is -3.11. The maximum absolute atomic E-state index is 12.9. The van der Waals surface area contributed by atoms with E-state index >= 15 is 0 Å². The number of nitrogens with zero attached hydrogens (tertiary/aromatic N) is 2. The lowest BCUT2D eigenvalue weighted by molar-refractivity contribution is -0.126. The zero-order valence-corrected chi connectivity index (χ0v) is 19.1. The second kappa shape index (κ2) is 10.0. The lowest BCUT2D eigenvalue weighted by Crippen LogP contribution is -2.44. The van der Waals surface area contributed by atoms with E-state index in [-0.39, 0.29) is 34.6 Å². The van der Waals surface area contributed by atoms with Crippen LogP contribution in [0.5, 0.6) is 17.2 Å². The van der Waals surface area contributed by atoms with Crippen LogP contribution in [-0.4, -0.2) is 57.3 Å². The lowest BCUT2D eigenvalue weighted by atomic mass is 9.99. The molecule has 1 saturated heterocycles. The van der Waals surface area contributed by atoms with E-state index in [4.69, 9.17) is 9.47 Å². The average Bonchev–Trinajstić information content (AvgIpc) is 2.80. The molecule has 1 fully saturated rings. The molecule has 0 unspecified atom stereocenters. The maximum atomic E-state index is 12.9. The number of hydrogen-bond donors (Lipinski definition) is 2. The summed E-state index contributed by atoms with van der Waals surface area (Å²) in [4.78, 5) is 12.8. The highest BCUT2D eigenvalue weighted by molar-refractivity contribution is 7.89. The van der Waals surface area contributed by atoms with Gasteiger partial charge in [0.25, 0.3) is 0 Å². The molecule has 2 N–H and O–H groups in total. The quantitative estimate of drug-likeness (QED) is 0.483.